The van der Waals surface area contributed by atoms with Gasteiger partial charge in [-0.05, 0) is 32.0 Å². The summed E-state index contributed by atoms with van der Waals surface area (Å²) in [4.78, 5) is 26.8. The zero-order chi connectivity index (χ0) is 15.6. The first-order chi connectivity index (χ1) is 10.6. The average molecular weight is 301 g/mol. The Labute approximate surface area is 131 Å². The molecule has 0 bridgehead atoms. The molecular weight excluding hydrogens is 278 g/mol. The lowest BCUT2D eigenvalue weighted by molar-refractivity contribution is -0.143. The Bertz CT molecular complexity index is 560. The summed E-state index contributed by atoms with van der Waals surface area (Å²) in [6.07, 6.45) is 1.90. The third-order valence-corrected chi connectivity index (χ3v) is 4.90. The van der Waals surface area contributed by atoms with E-state index in [1.54, 1.807) is 0 Å². The molecule has 2 aliphatic heterocycles. The quantitative estimate of drug-likeness (QED) is 0.872. The molecule has 0 saturated carbocycles. The summed E-state index contributed by atoms with van der Waals surface area (Å²) < 4.78 is 0. The van der Waals surface area contributed by atoms with Gasteiger partial charge in [0.2, 0.25) is 11.8 Å². The predicted molar refractivity (Wildman–Crippen MR) is 84.0 cm³/mol. The van der Waals surface area contributed by atoms with Crippen LogP contribution in [-0.2, 0) is 16.1 Å². The monoisotopic (exact) mass is 301 g/mol. The number of amides is 2. The number of benzene rings is 1. The van der Waals surface area contributed by atoms with Crippen LogP contribution >= 0.6 is 0 Å². The third-order valence-electron chi connectivity index (χ3n) is 4.90. The van der Waals surface area contributed by atoms with E-state index in [1.165, 1.54) is 0 Å². The lowest BCUT2D eigenvalue weighted by Crippen LogP contribution is -2.65. The topological polar surface area (TPSA) is 61.4 Å². The van der Waals surface area contributed by atoms with Crippen molar-refractivity contribution < 1.29 is 9.59 Å². The van der Waals surface area contributed by atoms with Crippen LogP contribution in [0.2, 0.25) is 0 Å². The van der Waals surface area contributed by atoms with Crippen molar-refractivity contribution in [2.45, 2.75) is 31.8 Å². The fraction of sp³-hybridized carbons (Fsp3) is 0.529. The van der Waals surface area contributed by atoms with E-state index in [9.17, 15) is 9.59 Å². The van der Waals surface area contributed by atoms with Gasteiger partial charge in [0.05, 0.1) is 5.41 Å². The third kappa shape index (κ3) is 2.86. The van der Waals surface area contributed by atoms with E-state index in [-0.39, 0.29) is 17.9 Å². The van der Waals surface area contributed by atoms with E-state index in [4.69, 9.17) is 0 Å². The molecule has 0 spiro atoms. The molecule has 0 aromatic heterocycles. The van der Waals surface area contributed by atoms with Crippen LogP contribution in [0.3, 0.4) is 0 Å². The number of piperidine rings is 2. The maximum atomic E-state index is 12.9. The fourth-order valence-electron chi connectivity index (χ4n) is 3.66. The highest BCUT2D eigenvalue weighted by Crippen LogP contribution is 2.37. The summed E-state index contributed by atoms with van der Waals surface area (Å²) in [5.74, 6) is 0.133. The molecule has 2 fully saturated rings. The van der Waals surface area contributed by atoms with E-state index in [0.29, 0.717) is 25.9 Å². The molecule has 2 saturated heterocycles. The molecule has 2 heterocycles. The van der Waals surface area contributed by atoms with Gasteiger partial charge in [-0.1, -0.05) is 30.3 Å². The predicted octanol–water partition coefficient (Wildman–Crippen LogP) is 0.903. The molecule has 5 heteroatoms. The first-order valence-electron chi connectivity index (χ1n) is 7.90. The first-order valence-corrected chi connectivity index (χ1v) is 7.90. The zero-order valence-corrected chi connectivity index (χ0v) is 13.0. The van der Waals surface area contributed by atoms with Crippen molar-refractivity contribution in [2.24, 2.45) is 5.41 Å². The van der Waals surface area contributed by atoms with Crippen molar-refractivity contribution >= 4 is 11.8 Å². The second-order valence-electron chi connectivity index (χ2n) is 6.47. The molecule has 1 aromatic rings. The van der Waals surface area contributed by atoms with Crippen LogP contribution in [0.5, 0.6) is 0 Å². The maximum absolute atomic E-state index is 12.9. The smallest absolute Gasteiger partial charge is 0.229 e. The van der Waals surface area contributed by atoms with Gasteiger partial charge >= 0.3 is 0 Å². The molecule has 2 N–H and O–H groups in total. The largest absolute Gasteiger partial charge is 0.352 e. The van der Waals surface area contributed by atoms with Gasteiger partial charge in [-0.3, -0.25) is 9.59 Å². The molecular formula is C17H23N3O2. The highest BCUT2D eigenvalue weighted by molar-refractivity contribution is 5.88. The molecule has 0 aliphatic carbocycles. The standard InChI is InChI=1S/C17H23N3O2/c1-20-10-8-14-17(12-20,9-7-15(21)19-14)16(22)18-11-13-5-3-2-4-6-13/h2-6,14H,7-12H2,1H3,(H,18,22)(H,19,21)/t14-,17+/m1/s1. The SMILES string of the molecule is CN1CC[C@H]2NC(=O)CC[C@]2(C(=O)NCc2ccccc2)C1. The number of rotatable bonds is 3. The molecule has 2 amide bonds. The molecule has 1 aromatic carbocycles. The number of carbonyl (C=O) groups excluding carboxylic acids is 2. The number of carbonyl (C=O) groups is 2. The van der Waals surface area contributed by atoms with Gasteiger partial charge in [0, 0.05) is 25.6 Å². The molecule has 0 unspecified atom stereocenters. The van der Waals surface area contributed by atoms with E-state index in [1.807, 2.05) is 37.4 Å². The Hall–Kier alpha value is -1.88. The van der Waals surface area contributed by atoms with Gasteiger partial charge in [-0.15, -0.1) is 0 Å². The molecule has 2 aliphatic rings. The molecule has 2 atom stereocenters. The number of nitrogens with zero attached hydrogens (tertiary/aromatic N) is 1. The highest BCUT2D eigenvalue weighted by Gasteiger charge is 2.51. The van der Waals surface area contributed by atoms with Crippen LogP contribution in [0.1, 0.15) is 24.8 Å². The summed E-state index contributed by atoms with van der Waals surface area (Å²) >= 11 is 0. The number of likely N-dealkylation sites (tertiary alicyclic amines) is 1. The summed E-state index contributed by atoms with van der Waals surface area (Å²) in [5.41, 5.74) is 0.600. The number of hydrogen-bond donors (Lipinski definition) is 2. The van der Waals surface area contributed by atoms with Crippen molar-refractivity contribution in [2.75, 3.05) is 20.1 Å². The lowest BCUT2D eigenvalue weighted by Gasteiger charge is -2.48. The molecule has 118 valence electrons. The summed E-state index contributed by atoms with van der Waals surface area (Å²) in [6, 6.07) is 9.87. The molecule has 5 nitrogen and oxygen atoms in total. The van der Waals surface area contributed by atoms with Gasteiger partial charge < -0.3 is 15.5 Å². The molecule has 0 radical (unpaired) electrons. The van der Waals surface area contributed by atoms with E-state index in [2.05, 4.69) is 15.5 Å². The lowest BCUT2D eigenvalue weighted by atomic mass is 9.69. The Morgan fingerprint density at radius 2 is 2.18 bits per heavy atom. The molecule has 22 heavy (non-hydrogen) atoms. The normalized spacial score (nSPS) is 28.6. The van der Waals surface area contributed by atoms with Crippen molar-refractivity contribution in [3.8, 4) is 0 Å². The van der Waals surface area contributed by atoms with E-state index >= 15 is 0 Å². The minimum atomic E-state index is -0.490. The second-order valence-corrected chi connectivity index (χ2v) is 6.47. The number of nitrogens with one attached hydrogen (secondary N) is 2. The Morgan fingerprint density at radius 1 is 1.41 bits per heavy atom. The van der Waals surface area contributed by atoms with Gasteiger partial charge in [0.15, 0.2) is 0 Å². The van der Waals surface area contributed by atoms with E-state index in [0.717, 1.165) is 18.5 Å². The van der Waals surface area contributed by atoms with Crippen molar-refractivity contribution in [1.82, 2.24) is 15.5 Å². The van der Waals surface area contributed by atoms with Crippen LogP contribution in [0, 0.1) is 5.41 Å². The number of hydrogen-bond acceptors (Lipinski definition) is 3. The Morgan fingerprint density at radius 3 is 2.95 bits per heavy atom. The number of fused-ring (bicyclic) bond motifs is 1. The Kier molecular flexibility index (Phi) is 4.16. The first kappa shape index (κ1) is 15.0. The van der Waals surface area contributed by atoms with Crippen molar-refractivity contribution in [1.29, 1.82) is 0 Å². The van der Waals surface area contributed by atoms with Gasteiger partial charge in [0.1, 0.15) is 0 Å². The van der Waals surface area contributed by atoms with Crippen LogP contribution in [0.25, 0.3) is 0 Å². The summed E-state index contributed by atoms with van der Waals surface area (Å²) in [5, 5.41) is 6.11. The Balaban J connectivity index is 1.73. The highest BCUT2D eigenvalue weighted by atomic mass is 16.2. The van der Waals surface area contributed by atoms with E-state index < -0.39 is 5.41 Å². The van der Waals surface area contributed by atoms with Gasteiger partial charge in [-0.25, -0.2) is 0 Å². The van der Waals surface area contributed by atoms with Crippen molar-refractivity contribution in [3.63, 3.8) is 0 Å². The summed E-state index contributed by atoms with van der Waals surface area (Å²) in [6.45, 7) is 2.16. The fourth-order valence-corrected chi connectivity index (χ4v) is 3.66. The average Bonchev–Trinajstić information content (AvgIpc) is 2.54. The van der Waals surface area contributed by atoms with Crippen LogP contribution in [0.4, 0.5) is 0 Å². The van der Waals surface area contributed by atoms with Crippen molar-refractivity contribution in [3.05, 3.63) is 35.9 Å². The summed E-state index contributed by atoms with van der Waals surface area (Å²) in [7, 11) is 2.04. The minimum Gasteiger partial charge on any atom is -0.352 e. The van der Waals surface area contributed by atoms with Gasteiger partial charge in [-0.2, -0.15) is 0 Å². The van der Waals surface area contributed by atoms with Crippen LogP contribution < -0.4 is 10.6 Å². The zero-order valence-electron chi connectivity index (χ0n) is 13.0. The maximum Gasteiger partial charge on any atom is 0.229 e. The second kappa shape index (κ2) is 6.08. The van der Waals surface area contributed by atoms with Crippen LogP contribution in [0.15, 0.2) is 30.3 Å². The van der Waals surface area contributed by atoms with Crippen LogP contribution in [-0.4, -0.2) is 42.9 Å². The minimum absolute atomic E-state index is 0.0410. The molecule has 3 rings (SSSR count). The van der Waals surface area contributed by atoms with Gasteiger partial charge in [0.25, 0.3) is 0 Å².